The zero-order chi connectivity index (χ0) is 27.5. The van der Waals surface area contributed by atoms with E-state index in [0.29, 0.717) is 16.7 Å². The fourth-order valence-corrected chi connectivity index (χ4v) is 4.19. The van der Waals surface area contributed by atoms with Gasteiger partial charge < -0.3 is 9.47 Å². The lowest BCUT2D eigenvalue weighted by Gasteiger charge is -2.15. The maximum atomic E-state index is 13.6. The standard InChI is InChI=1S/C26H20F2N6O4S/c1-37-15-7-8-34(23(35)9-15)21-11-16(17-10-19(24(27)28)29-13-20(17)38-2)18(12-30-21)25(36)31-26-33-32-22(39-26)6-5-14-3-4-14/h7-14,24H,3-4H2,1-2H3,(H,31,33,36). The van der Waals surface area contributed by atoms with Gasteiger partial charge in [-0.3, -0.25) is 24.5 Å². The van der Waals surface area contributed by atoms with Gasteiger partial charge in [-0.15, -0.1) is 10.2 Å². The third-order valence-corrected chi connectivity index (χ3v) is 6.49. The summed E-state index contributed by atoms with van der Waals surface area (Å²) in [7, 11) is 2.78. The van der Waals surface area contributed by atoms with Crippen molar-refractivity contribution in [3.63, 3.8) is 0 Å². The van der Waals surface area contributed by atoms with Crippen LogP contribution in [0.25, 0.3) is 16.9 Å². The molecule has 13 heteroatoms. The van der Waals surface area contributed by atoms with E-state index in [4.69, 9.17) is 9.47 Å². The Labute approximate surface area is 224 Å². The molecule has 1 fully saturated rings. The third-order valence-electron chi connectivity index (χ3n) is 5.74. The number of carbonyl (C=O) groups excluding carboxylic acids is 1. The maximum Gasteiger partial charge on any atom is 0.280 e. The van der Waals surface area contributed by atoms with E-state index in [1.165, 1.54) is 43.3 Å². The molecule has 0 saturated heterocycles. The van der Waals surface area contributed by atoms with Crippen LogP contribution < -0.4 is 20.3 Å². The van der Waals surface area contributed by atoms with Gasteiger partial charge in [0.05, 0.1) is 26.0 Å². The van der Waals surface area contributed by atoms with Gasteiger partial charge in [-0.05, 0) is 37.0 Å². The molecule has 0 aromatic carbocycles. The predicted molar refractivity (Wildman–Crippen MR) is 139 cm³/mol. The van der Waals surface area contributed by atoms with Crippen molar-refractivity contribution in [3.05, 3.63) is 69.5 Å². The molecule has 1 aliphatic carbocycles. The molecule has 1 aliphatic rings. The summed E-state index contributed by atoms with van der Waals surface area (Å²) < 4.78 is 38.8. The van der Waals surface area contributed by atoms with E-state index in [-0.39, 0.29) is 33.4 Å². The molecule has 5 rings (SSSR count). The quantitative estimate of drug-likeness (QED) is 0.341. The summed E-state index contributed by atoms with van der Waals surface area (Å²) in [6, 6.07) is 5.39. The van der Waals surface area contributed by atoms with Crippen LogP contribution >= 0.6 is 11.3 Å². The predicted octanol–water partition coefficient (Wildman–Crippen LogP) is 4.11. The number of amides is 1. The molecule has 0 aliphatic heterocycles. The number of hydrogen-bond acceptors (Lipinski definition) is 9. The van der Waals surface area contributed by atoms with Crippen molar-refractivity contribution in [1.82, 2.24) is 24.7 Å². The Bertz CT molecular complexity index is 1670. The van der Waals surface area contributed by atoms with Gasteiger partial charge in [-0.2, -0.15) is 0 Å². The summed E-state index contributed by atoms with van der Waals surface area (Å²) >= 11 is 1.11. The molecule has 0 atom stereocenters. The Hall–Kier alpha value is -4.70. The lowest BCUT2D eigenvalue weighted by molar-refractivity contribution is 0.102. The molecule has 0 spiro atoms. The van der Waals surface area contributed by atoms with Crippen LogP contribution in [0.2, 0.25) is 0 Å². The summed E-state index contributed by atoms with van der Waals surface area (Å²) in [5, 5.41) is 11.3. The number of alkyl halides is 2. The summed E-state index contributed by atoms with van der Waals surface area (Å²) in [6.45, 7) is 0. The molecular formula is C26H20F2N6O4S. The fraction of sp³-hybridized carbons (Fsp3) is 0.231. The molecule has 4 heterocycles. The van der Waals surface area contributed by atoms with Crippen LogP contribution in [-0.2, 0) is 0 Å². The average Bonchev–Trinajstić information content (AvgIpc) is 3.68. The molecule has 1 N–H and O–H groups in total. The van der Waals surface area contributed by atoms with Gasteiger partial charge in [0.15, 0.2) is 5.01 Å². The van der Waals surface area contributed by atoms with Crippen LogP contribution in [0.3, 0.4) is 0 Å². The van der Waals surface area contributed by atoms with E-state index in [0.717, 1.165) is 36.4 Å². The second-order valence-corrected chi connectivity index (χ2v) is 9.36. The van der Waals surface area contributed by atoms with Crippen LogP contribution in [0.4, 0.5) is 13.9 Å². The molecule has 0 unspecified atom stereocenters. The normalized spacial score (nSPS) is 12.5. The molecular weight excluding hydrogens is 530 g/mol. The van der Waals surface area contributed by atoms with E-state index >= 15 is 0 Å². The zero-order valence-electron chi connectivity index (χ0n) is 20.6. The van der Waals surface area contributed by atoms with Crippen LogP contribution in [0.5, 0.6) is 11.5 Å². The minimum absolute atomic E-state index is 0.0193. The Morgan fingerprint density at radius 1 is 1.13 bits per heavy atom. The van der Waals surface area contributed by atoms with Gasteiger partial charge in [0, 0.05) is 35.5 Å². The number of halogens is 2. The van der Waals surface area contributed by atoms with Crippen molar-refractivity contribution in [2.45, 2.75) is 19.3 Å². The van der Waals surface area contributed by atoms with E-state index < -0.39 is 23.6 Å². The lowest BCUT2D eigenvalue weighted by atomic mass is 10.00. The lowest BCUT2D eigenvalue weighted by Crippen LogP contribution is -2.19. The fourth-order valence-electron chi connectivity index (χ4n) is 3.59. The molecule has 0 bridgehead atoms. The highest BCUT2D eigenvalue weighted by Crippen LogP contribution is 2.35. The average molecular weight is 551 g/mol. The van der Waals surface area contributed by atoms with E-state index in [1.807, 2.05) is 0 Å². The highest BCUT2D eigenvalue weighted by Gasteiger charge is 2.22. The second-order valence-electron chi connectivity index (χ2n) is 8.38. The molecule has 0 radical (unpaired) electrons. The minimum atomic E-state index is -2.87. The maximum absolute atomic E-state index is 13.6. The number of nitrogens with zero attached hydrogens (tertiary/aromatic N) is 5. The molecule has 198 valence electrons. The summed E-state index contributed by atoms with van der Waals surface area (Å²) in [6.07, 6.45) is 3.10. The number of aromatic nitrogens is 5. The van der Waals surface area contributed by atoms with Crippen molar-refractivity contribution in [2.75, 3.05) is 19.5 Å². The molecule has 1 saturated carbocycles. The monoisotopic (exact) mass is 550 g/mol. The van der Waals surface area contributed by atoms with Gasteiger partial charge >= 0.3 is 0 Å². The second kappa shape index (κ2) is 11.0. The molecule has 39 heavy (non-hydrogen) atoms. The van der Waals surface area contributed by atoms with Crippen molar-refractivity contribution < 1.29 is 23.0 Å². The summed E-state index contributed by atoms with van der Waals surface area (Å²) in [5.74, 6) is 6.41. The Balaban J connectivity index is 1.58. The van der Waals surface area contributed by atoms with Crippen LogP contribution in [0.1, 0.15) is 40.3 Å². The smallest absolute Gasteiger partial charge is 0.280 e. The topological polar surface area (TPSA) is 121 Å². The minimum Gasteiger partial charge on any atom is -0.497 e. The van der Waals surface area contributed by atoms with Gasteiger partial charge in [-0.1, -0.05) is 17.3 Å². The highest BCUT2D eigenvalue weighted by atomic mass is 32.1. The number of pyridine rings is 3. The number of ether oxygens (including phenoxy) is 2. The van der Waals surface area contributed by atoms with Crippen molar-refractivity contribution in [3.8, 4) is 40.3 Å². The van der Waals surface area contributed by atoms with Crippen molar-refractivity contribution in [2.24, 2.45) is 5.92 Å². The van der Waals surface area contributed by atoms with E-state index in [2.05, 4.69) is 37.3 Å². The molecule has 10 nitrogen and oxygen atoms in total. The van der Waals surface area contributed by atoms with Crippen molar-refractivity contribution in [1.29, 1.82) is 0 Å². The third kappa shape index (κ3) is 5.75. The molecule has 4 aromatic rings. The van der Waals surface area contributed by atoms with Crippen molar-refractivity contribution >= 4 is 22.4 Å². The summed E-state index contributed by atoms with van der Waals surface area (Å²) in [4.78, 5) is 34.1. The van der Waals surface area contributed by atoms with Crippen LogP contribution in [-0.4, -0.2) is 44.9 Å². The van der Waals surface area contributed by atoms with Gasteiger partial charge in [0.2, 0.25) is 5.13 Å². The SMILES string of the molecule is COc1ccn(-c2cc(-c3cc(C(F)F)ncc3OC)c(C(=O)Nc3nnc(C#CC4CC4)s3)cn2)c(=O)c1. The molecule has 1 amide bonds. The molecule has 4 aromatic heterocycles. The zero-order valence-corrected chi connectivity index (χ0v) is 21.5. The number of rotatable bonds is 7. The number of carbonyl (C=O) groups is 1. The number of anilines is 1. The number of hydrogen-bond donors (Lipinski definition) is 1. The highest BCUT2D eigenvalue weighted by molar-refractivity contribution is 7.15. The first-order chi connectivity index (χ1) is 18.9. The van der Waals surface area contributed by atoms with Crippen LogP contribution in [0, 0.1) is 17.8 Å². The Morgan fingerprint density at radius 3 is 2.64 bits per heavy atom. The largest absolute Gasteiger partial charge is 0.497 e. The number of nitrogens with one attached hydrogen (secondary N) is 1. The van der Waals surface area contributed by atoms with Gasteiger partial charge in [0.25, 0.3) is 17.9 Å². The van der Waals surface area contributed by atoms with E-state index in [9.17, 15) is 18.4 Å². The van der Waals surface area contributed by atoms with Gasteiger partial charge in [-0.25, -0.2) is 13.8 Å². The first-order valence-electron chi connectivity index (χ1n) is 11.6. The Morgan fingerprint density at radius 2 is 1.95 bits per heavy atom. The Kier molecular flexibility index (Phi) is 7.29. The van der Waals surface area contributed by atoms with E-state index in [1.54, 1.807) is 6.07 Å². The van der Waals surface area contributed by atoms with Crippen LogP contribution in [0.15, 0.2) is 47.7 Å². The van der Waals surface area contributed by atoms with Gasteiger partial charge in [0.1, 0.15) is 23.0 Å². The first-order valence-corrected chi connectivity index (χ1v) is 12.4. The summed E-state index contributed by atoms with van der Waals surface area (Å²) in [5.41, 5.74) is -0.606. The first kappa shape index (κ1) is 25.9. The number of methoxy groups -OCH3 is 2.